The number of hydrogen-bond donors (Lipinski definition) is 2. The Hall–Kier alpha value is -0.710. The molecular formula is C8H10ClFN2O. The van der Waals surface area contributed by atoms with Crippen molar-refractivity contribution in [3.05, 3.63) is 28.8 Å². The Morgan fingerprint density at radius 2 is 2.38 bits per heavy atom. The van der Waals surface area contributed by atoms with Crippen LogP contribution in [0.1, 0.15) is 18.0 Å². The van der Waals surface area contributed by atoms with Crippen molar-refractivity contribution in [3.63, 3.8) is 0 Å². The number of hydrogen-bond acceptors (Lipinski definition) is 3. The predicted molar refractivity (Wildman–Crippen MR) is 47.8 cm³/mol. The van der Waals surface area contributed by atoms with Crippen molar-refractivity contribution < 1.29 is 9.50 Å². The Balaban J connectivity index is 2.91. The molecule has 0 bridgehead atoms. The van der Waals surface area contributed by atoms with Gasteiger partial charge in [0.15, 0.2) is 0 Å². The number of halogens is 2. The summed E-state index contributed by atoms with van der Waals surface area (Å²) in [7, 11) is 0. The number of rotatable bonds is 3. The minimum atomic E-state index is -0.634. The molecule has 0 amide bonds. The third-order valence-corrected chi connectivity index (χ3v) is 1.88. The van der Waals surface area contributed by atoms with Crippen molar-refractivity contribution in [3.8, 4) is 0 Å². The van der Waals surface area contributed by atoms with E-state index in [9.17, 15) is 4.39 Å². The van der Waals surface area contributed by atoms with E-state index in [4.69, 9.17) is 22.4 Å². The van der Waals surface area contributed by atoms with Crippen molar-refractivity contribution >= 4 is 11.6 Å². The third-order valence-electron chi connectivity index (χ3n) is 1.67. The summed E-state index contributed by atoms with van der Waals surface area (Å²) in [6, 6.07) is 0.862. The average molecular weight is 205 g/mol. The number of nitrogens with zero attached hydrogens (tertiary/aromatic N) is 1. The third kappa shape index (κ3) is 2.62. The molecule has 5 heteroatoms. The van der Waals surface area contributed by atoms with Gasteiger partial charge in [-0.05, 0) is 12.5 Å². The first-order valence-electron chi connectivity index (χ1n) is 3.82. The summed E-state index contributed by atoms with van der Waals surface area (Å²) in [5.74, 6) is -0.634. The molecule has 0 saturated heterocycles. The molecule has 1 atom stereocenters. The molecule has 1 heterocycles. The van der Waals surface area contributed by atoms with Crippen LogP contribution in [-0.4, -0.2) is 16.7 Å². The number of nitrogens with two attached hydrogens (primary N) is 1. The van der Waals surface area contributed by atoms with Gasteiger partial charge in [0.1, 0.15) is 0 Å². The van der Waals surface area contributed by atoms with Gasteiger partial charge in [0.2, 0.25) is 5.95 Å². The average Bonchev–Trinajstić information content (AvgIpc) is 2.09. The SMILES string of the molecule is NC(CCO)c1cc(Cl)cnc1F. The maximum absolute atomic E-state index is 13.0. The normalized spacial score (nSPS) is 12.9. The fraction of sp³-hybridized carbons (Fsp3) is 0.375. The molecular weight excluding hydrogens is 195 g/mol. The fourth-order valence-corrected chi connectivity index (χ4v) is 1.16. The van der Waals surface area contributed by atoms with Gasteiger partial charge in [-0.15, -0.1) is 0 Å². The number of aromatic nitrogens is 1. The summed E-state index contributed by atoms with van der Waals surface area (Å²) in [6.45, 7) is -0.0902. The molecule has 0 aliphatic carbocycles. The van der Waals surface area contributed by atoms with Gasteiger partial charge in [0, 0.05) is 24.4 Å². The van der Waals surface area contributed by atoms with Crippen LogP contribution in [-0.2, 0) is 0 Å². The lowest BCUT2D eigenvalue weighted by Crippen LogP contribution is -2.14. The van der Waals surface area contributed by atoms with E-state index in [-0.39, 0.29) is 12.2 Å². The largest absolute Gasteiger partial charge is 0.396 e. The van der Waals surface area contributed by atoms with E-state index < -0.39 is 12.0 Å². The van der Waals surface area contributed by atoms with E-state index in [0.29, 0.717) is 11.4 Å². The first-order chi connectivity index (χ1) is 6.15. The van der Waals surface area contributed by atoms with Crippen LogP contribution < -0.4 is 5.73 Å². The monoisotopic (exact) mass is 204 g/mol. The van der Waals surface area contributed by atoms with Gasteiger partial charge in [-0.2, -0.15) is 4.39 Å². The van der Waals surface area contributed by atoms with Gasteiger partial charge in [-0.25, -0.2) is 4.98 Å². The van der Waals surface area contributed by atoms with Crippen LogP contribution in [0.15, 0.2) is 12.3 Å². The minimum absolute atomic E-state index is 0.0902. The van der Waals surface area contributed by atoms with E-state index >= 15 is 0 Å². The highest BCUT2D eigenvalue weighted by Gasteiger charge is 2.12. The van der Waals surface area contributed by atoms with Crippen LogP contribution in [0.5, 0.6) is 0 Å². The molecule has 1 aromatic heterocycles. The lowest BCUT2D eigenvalue weighted by Gasteiger charge is -2.10. The zero-order valence-corrected chi connectivity index (χ0v) is 7.63. The topological polar surface area (TPSA) is 59.1 Å². The van der Waals surface area contributed by atoms with Gasteiger partial charge in [0.25, 0.3) is 0 Å². The second-order valence-corrected chi connectivity index (χ2v) is 3.09. The highest BCUT2D eigenvalue weighted by Crippen LogP contribution is 2.19. The molecule has 0 fully saturated rings. The minimum Gasteiger partial charge on any atom is -0.396 e. The van der Waals surface area contributed by atoms with Crippen LogP contribution in [0.3, 0.4) is 0 Å². The van der Waals surface area contributed by atoms with E-state index in [2.05, 4.69) is 4.98 Å². The van der Waals surface area contributed by atoms with Crippen molar-refractivity contribution in [2.75, 3.05) is 6.61 Å². The summed E-state index contributed by atoms with van der Waals surface area (Å²) in [5.41, 5.74) is 5.81. The molecule has 0 saturated carbocycles. The predicted octanol–water partition coefficient (Wildman–Crippen LogP) is 1.26. The summed E-state index contributed by atoms with van der Waals surface area (Å²) in [4.78, 5) is 3.42. The maximum atomic E-state index is 13.0. The van der Waals surface area contributed by atoms with Gasteiger partial charge in [-0.1, -0.05) is 11.6 Å². The Bertz CT molecular complexity index is 295. The molecule has 0 radical (unpaired) electrons. The van der Waals surface area contributed by atoms with Crippen LogP contribution >= 0.6 is 11.6 Å². The van der Waals surface area contributed by atoms with Gasteiger partial charge < -0.3 is 10.8 Å². The standard InChI is InChI=1S/C8H10ClFN2O/c9-5-3-6(7(11)1-2-13)8(10)12-4-5/h3-4,7,13H,1-2,11H2. The molecule has 3 nitrogen and oxygen atoms in total. The maximum Gasteiger partial charge on any atom is 0.217 e. The molecule has 1 unspecified atom stereocenters. The highest BCUT2D eigenvalue weighted by atomic mass is 35.5. The van der Waals surface area contributed by atoms with E-state index in [0.717, 1.165) is 0 Å². The Morgan fingerprint density at radius 1 is 1.69 bits per heavy atom. The van der Waals surface area contributed by atoms with Crippen LogP contribution in [0.2, 0.25) is 5.02 Å². The molecule has 0 spiro atoms. The van der Waals surface area contributed by atoms with Gasteiger partial charge in [0.05, 0.1) is 5.02 Å². The van der Waals surface area contributed by atoms with E-state index in [1.165, 1.54) is 12.3 Å². The number of aliphatic hydroxyl groups is 1. The highest BCUT2D eigenvalue weighted by molar-refractivity contribution is 6.30. The lowest BCUT2D eigenvalue weighted by molar-refractivity contribution is 0.275. The van der Waals surface area contributed by atoms with E-state index in [1.807, 2.05) is 0 Å². The van der Waals surface area contributed by atoms with Crippen LogP contribution in [0, 0.1) is 5.95 Å². The Labute approximate surface area is 80.3 Å². The first kappa shape index (κ1) is 10.4. The molecule has 1 rings (SSSR count). The Kier molecular flexibility index (Phi) is 3.59. The molecule has 0 aromatic carbocycles. The van der Waals surface area contributed by atoms with Crippen molar-refractivity contribution in [2.24, 2.45) is 5.73 Å². The summed E-state index contributed by atoms with van der Waals surface area (Å²) in [5, 5.41) is 8.94. The smallest absolute Gasteiger partial charge is 0.217 e. The first-order valence-corrected chi connectivity index (χ1v) is 4.20. The van der Waals surface area contributed by atoms with Gasteiger partial charge in [-0.3, -0.25) is 0 Å². The van der Waals surface area contributed by atoms with Crippen molar-refractivity contribution in [1.29, 1.82) is 0 Å². The number of aliphatic hydroxyl groups excluding tert-OH is 1. The molecule has 3 N–H and O–H groups in total. The quantitative estimate of drug-likeness (QED) is 0.729. The Morgan fingerprint density at radius 3 is 3.00 bits per heavy atom. The van der Waals surface area contributed by atoms with Crippen LogP contribution in [0.4, 0.5) is 4.39 Å². The molecule has 1 aromatic rings. The number of pyridine rings is 1. The zero-order chi connectivity index (χ0) is 9.84. The summed E-state index contributed by atoms with van der Waals surface area (Å²) < 4.78 is 13.0. The lowest BCUT2D eigenvalue weighted by atomic mass is 10.1. The van der Waals surface area contributed by atoms with Crippen LogP contribution in [0.25, 0.3) is 0 Å². The molecule has 0 aliphatic heterocycles. The molecule has 0 aliphatic rings. The van der Waals surface area contributed by atoms with Crippen molar-refractivity contribution in [1.82, 2.24) is 4.98 Å². The van der Waals surface area contributed by atoms with Gasteiger partial charge >= 0.3 is 0 Å². The molecule has 13 heavy (non-hydrogen) atoms. The second-order valence-electron chi connectivity index (χ2n) is 2.65. The summed E-state index contributed by atoms with van der Waals surface area (Å²) >= 11 is 5.61. The summed E-state index contributed by atoms with van der Waals surface area (Å²) in [6.07, 6.45) is 1.50. The second kappa shape index (κ2) is 4.50. The van der Waals surface area contributed by atoms with E-state index in [1.54, 1.807) is 0 Å². The van der Waals surface area contributed by atoms with Crippen molar-refractivity contribution in [2.45, 2.75) is 12.5 Å². The fourth-order valence-electron chi connectivity index (χ4n) is 0.993. The zero-order valence-electron chi connectivity index (χ0n) is 6.87. The molecule has 72 valence electrons.